The predicted octanol–water partition coefficient (Wildman–Crippen LogP) is 1.87. The lowest BCUT2D eigenvalue weighted by Crippen LogP contribution is -2.58. The molecule has 0 unspecified atom stereocenters. The van der Waals surface area contributed by atoms with Gasteiger partial charge >= 0.3 is 5.76 Å². The van der Waals surface area contributed by atoms with Gasteiger partial charge in [-0.05, 0) is 26.0 Å². The van der Waals surface area contributed by atoms with Crippen molar-refractivity contribution in [3.05, 3.63) is 24.3 Å². The minimum atomic E-state index is -4.60. The summed E-state index contributed by atoms with van der Waals surface area (Å²) in [5, 5.41) is 3.22. The van der Waals surface area contributed by atoms with E-state index in [2.05, 4.69) is 5.32 Å². The molecule has 4 nitrogen and oxygen atoms in total. The number of nitrogens with one attached hydrogen (secondary N) is 1. The van der Waals surface area contributed by atoms with Crippen molar-refractivity contribution in [1.82, 2.24) is 5.32 Å². The molecule has 0 atom stereocenters. The zero-order valence-corrected chi connectivity index (χ0v) is 12.3. The molecule has 0 radical (unpaired) electrons. The molecule has 1 heterocycles. The van der Waals surface area contributed by atoms with Gasteiger partial charge in [-0.15, -0.1) is 0 Å². The molecule has 0 saturated carbocycles. The van der Waals surface area contributed by atoms with Gasteiger partial charge < -0.3 is 10.2 Å². The van der Waals surface area contributed by atoms with Crippen molar-refractivity contribution in [3.8, 4) is 0 Å². The number of para-hydroxylation sites is 1. The van der Waals surface area contributed by atoms with Crippen molar-refractivity contribution >= 4 is 15.5 Å². The van der Waals surface area contributed by atoms with Crippen molar-refractivity contribution in [2.75, 3.05) is 24.5 Å². The van der Waals surface area contributed by atoms with E-state index in [9.17, 15) is 17.2 Å². The van der Waals surface area contributed by atoms with E-state index in [0.717, 1.165) is 0 Å². The molecular formula is C13H18F2N2O2S. The van der Waals surface area contributed by atoms with Crippen molar-refractivity contribution in [1.29, 1.82) is 0 Å². The Balaban J connectivity index is 2.53. The van der Waals surface area contributed by atoms with E-state index < -0.39 is 15.6 Å². The Morgan fingerprint density at radius 3 is 2.55 bits per heavy atom. The second kappa shape index (κ2) is 5.29. The van der Waals surface area contributed by atoms with Gasteiger partial charge in [0.25, 0.3) is 0 Å². The molecule has 1 N–H and O–H groups in total. The van der Waals surface area contributed by atoms with Crippen LogP contribution in [0.5, 0.6) is 0 Å². The highest BCUT2D eigenvalue weighted by molar-refractivity contribution is 7.91. The largest absolute Gasteiger partial charge is 0.363 e. The van der Waals surface area contributed by atoms with Gasteiger partial charge in [-0.25, -0.2) is 8.42 Å². The average molecular weight is 304 g/mol. The van der Waals surface area contributed by atoms with Crippen LogP contribution in [0.4, 0.5) is 14.5 Å². The standard InChI is InChI=1S/C13H18F2N2O2S/c1-13(2)9-16-7-8-17(13)10-5-3-4-6-11(10)20(18,19)12(14)15/h3-6,12,16H,7-9H2,1-2H3. The highest BCUT2D eigenvalue weighted by atomic mass is 32.2. The molecule has 2 rings (SSSR count). The van der Waals surface area contributed by atoms with Crippen LogP contribution in [0.15, 0.2) is 29.2 Å². The second-order valence-electron chi connectivity index (χ2n) is 5.41. The fraction of sp³-hybridized carbons (Fsp3) is 0.538. The number of benzene rings is 1. The Hall–Kier alpha value is -1.21. The Kier molecular flexibility index (Phi) is 4.02. The highest BCUT2D eigenvalue weighted by Gasteiger charge is 2.35. The van der Waals surface area contributed by atoms with Crippen molar-refractivity contribution in [2.24, 2.45) is 0 Å². The fourth-order valence-corrected chi connectivity index (χ4v) is 3.38. The predicted molar refractivity (Wildman–Crippen MR) is 73.9 cm³/mol. The van der Waals surface area contributed by atoms with Crippen LogP contribution in [0.2, 0.25) is 0 Å². The van der Waals surface area contributed by atoms with Gasteiger partial charge in [-0.1, -0.05) is 12.1 Å². The molecule has 1 fully saturated rings. The number of rotatable bonds is 3. The van der Waals surface area contributed by atoms with Crippen LogP contribution in [0, 0.1) is 0 Å². The van der Waals surface area contributed by atoms with Crippen molar-refractivity contribution in [2.45, 2.75) is 30.0 Å². The summed E-state index contributed by atoms with van der Waals surface area (Å²) in [5.41, 5.74) is 0.00530. The third-order valence-electron chi connectivity index (χ3n) is 3.50. The van der Waals surface area contributed by atoms with Gasteiger partial charge in [0.15, 0.2) is 0 Å². The van der Waals surface area contributed by atoms with Gasteiger partial charge in [0.2, 0.25) is 9.84 Å². The molecule has 0 bridgehead atoms. The number of hydrogen-bond acceptors (Lipinski definition) is 4. The van der Waals surface area contributed by atoms with Crippen LogP contribution >= 0.6 is 0 Å². The molecule has 0 amide bonds. The summed E-state index contributed by atoms with van der Waals surface area (Å²) in [6, 6.07) is 5.96. The summed E-state index contributed by atoms with van der Waals surface area (Å²) in [6.45, 7) is 5.82. The first kappa shape index (κ1) is 15.2. The van der Waals surface area contributed by atoms with Crippen LogP contribution in [0.1, 0.15) is 13.8 Å². The van der Waals surface area contributed by atoms with Crippen molar-refractivity contribution < 1.29 is 17.2 Å². The van der Waals surface area contributed by atoms with Crippen molar-refractivity contribution in [3.63, 3.8) is 0 Å². The first-order valence-electron chi connectivity index (χ1n) is 6.36. The minimum Gasteiger partial charge on any atom is -0.363 e. The molecular weight excluding hydrogens is 286 g/mol. The van der Waals surface area contributed by atoms with Gasteiger partial charge in [0, 0.05) is 25.2 Å². The molecule has 1 aliphatic heterocycles. The smallest absolute Gasteiger partial charge is 0.341 e. The Morgan fingerprint density at radius 1 is 1.30 bits per heavy atom. The number of sulfone groups is 1. The fourth-order valence-electron chi connectivity index (χ4n) is 2.45. The molecule has 20 heavy (non-hydrogen) atoms. The zero-order chi connectivity index (χ0) is 15.0. The zero-order valence-electron chi connectivity index (χ0n) is 11.4. The molecule has 1 aromatic carbocycles. The summed E-state index contributed by atoms with van der Waals surface area (Å²) < 4.78 is 49.3. The lowest BCUT2D eigenvalue weighted by molar-refractivity contribution is 0.234. The van der Waals surface area contributed by atoms with Crippen LogP contribution in [-0.2, 0) is 9.84 Å². The van der Waals surface area contributed by atoms with E-state index in [-0.39, 0.29) is 10.4 Å². The maximum absolute atomic E-state index is 12.8. The molecule has 0 aliphatic carbocycles. The van der Waals surface area contributed by atoms with Crippen LogP contribution < -0.4 is 10.2 Å². The lowest BCUT2D eigenvalue weighted by Gasteiger charge is -2.45. The summed E-state index contributed by atoms with van der Waals surface area (Å²) in [4.78, 5) is 1.57. The van der Waals surface area contributed by atoms with Gasteiger partial charge in [-0.2, -0.15) is 8.78 Å². The molecule has 0 spiro atoms. The summed E-state index contributed by atoms with van der Waals surface area (Å²) in [6.07, 6.45) is 0. The Labute approximate surface area is 117 Å². The van der Waals surface area contributed by atoms with Crippen LogP contribution in [-0.4, -0.2) is 39.3 Å². The number of alkyl halides is 2. The third kappa shape index (κ3) is 2.64. The van der Waals surface area contributed by atoms with E-state index in [1.165, 1.54) is 12.1 Å². The number of anilines is 1. The van der Waals surface area contributed by atoms with E-state index in [4.69, 9.17) is 0 Å². The summed E-state index contributed by atoms with van der Waals surface area (Å²) in [7, 11) is -4.60. The number of nitrogens with zero attached hydrogens (tertiary/aromatic N) is 1. The minimum absolute atomic E-state index is 0.301. The third-order valence-corrected chi connectivity index (χ3v) is 4.93. The van der Waals surface area contributed by atoms with Crippen LogP contribution in [0.25, 0.3) is 0 Å². The topological polar surface area (TPSA) is 49.4 Å². The molecule has 1 aromatic rings. The Morgan fingerprint density at radius 2 is 1.95 bits per heavy atom. The normalized spacial score (nSPS) is 19.4. The number of hydrogen-bond donors (Lipinski definition) is 1. The number of halogens is 2. The van der Waals surface area contributed by atoms with E-state index in [1.54, 1.807) is 12.1 Å². The lowest BCUT2D eigenvalue weighted by atomic mass is 9.99. The van der Waals surface area contributed by atoms with E-state index in [0.29, 0.717) is 25.3 Å². The molecule has 1 aliphatic rings. The highest BCUT2D eigenvalue weighted by Crippen LogP contribution is 2.33. The first-order chi connectivity index (χ1) is 9.27. The van der Waals surface area contributed by atoms with Gasteiger partial charge in [0.1, 0.15) is 0 Å². The van der Waals surface area contributed by atoms with Gasteiger partial charge in [-0.3, -0.25) is 0 Å². The molecule has 1 saturated heterocycles. The molecule has 7 heteroatoms. The van der Waals surface area contributed by atoms with E-state index >= 15 is 0 Å². The van der Waals surface area contributed by atoms with E-state index in [1.807, 2.05) is 18.7 Å². The first-order valence-corrected chi connectivity index (χ1v) is 7.91. The summed E-state index contributed by atoms with van der Waals surface area (Å²) >= 11 is 0. The van der Waals surface area contributed by atoms with Crippen LogP contribution in [0.3, 0.4) is 0 Å². The quantitative estimate of drug-likeness (QED) is 0.926. The second-order valence-corrected chi connectivity index (χ2v) is 7.30. The maximum Gasteiger partial charge on any atom is 0.341 e. The van der Waals surface area contributed by atoms with Gasteiger partial charge in [0.05, 0.1) is 10.6 Å². The maximum atomic E-state index is 12.8. The Bertz CT molecular complexity index is 588. The molecule has 0 aromatic heterocycles. The number of piperazine rings is 1. The average Bonchev–Trinajstić information content (AvgIpc) is 2.38. The monoisotopic (exact) mass is 304 g/mol. The molecule has 112 valence electrons. The summed E-state index contributed by atoms with van der Waals surface area (Å²) in [5.74, 6) is -3.41. The SMILES string of the molecule is CC1(C)CNCCN1c1ccccc1S(=O)(=O)C(F)F.